The number of hydrogen-bond acceptors (Lipinski definition) is 4. The lowest BCUT2D eigenvalue weighted by Gasteiger charge is -2.46. The van der Waals surface area contributed by atoms with Gasteiger partial charge in [0.15, 0.2) is 11.5 Å². The van der Waals surface area contributed by atoms with Gasteiger partial charge < -0.3 is 19.3 Å². The molecule has 0 aromatic heterocycles. The Kier molecular flexibility index (Phi) is 5.87. The third kappa shape index (κ3) is 3.79. The summed E-state index contributed by atoms with van der Waals surface area (Å²) in [6.45, 7) is 2.24. The highest BCUT2D eigenvalue weighted by molar-refractivity contribution is 6.01. The van der Waals surface area contributed by atoms with E-state index in [4.69, 9.17) is 9.47 Å². The largest absolute Gasteiger partial charge is 0.493 e. The van der Waals surface area contributed by atoms with E-state index in [1.165, 1.54) is 12.8 Å². The maximum atomic E-state index is 13.7. The molecule has 5 rings (SSSR count). The number of para-hydroxylation sites is 1. The zero-order valence-corrected chi connectivity index (χ0v) is 19.4. The van der Waals surface area contributed by atoms with E-state index in [2.05, 4.69) is 6.07 Å². The normalized spacial score (nSPS) is 19.9. The number of urea groups is 1. The van der Waals surface area contributed by atoms with E-state index in [-0.39, 0.29) is 24.5 Å². The lowest BCUT2D eigenvalue weighted by molar-refractivity contribution is -0.129. The van der Waals surface area contributed by atoms with Crippen molar-refractivity contribution in [1.29, 1.82) is 0 Å². The predicted molar refractivity (Wildman–Crippen MR) is 126 cm³/mol. The molecule has 3 amide bonds. The second-order valence-corrected chi connectivity index (χ2v) is 8.97. The molecule has 0 spiro atoms. The monoisotopic (exact) mass is 449 g/mol. The van der Waals surface area contributed by atoms with Gasteiger partial charge in [-0.1, -0.05) is 31.0 Å². The van der Waals surface area contributed by atoms with E-state index in [0.717, 1.165) is 54.7 Å². The standard InChI is InChI=1S/C26H31N3O4/c1-32-22-15-18-11-14-28-25(20(18)16-23(22)33-2)19-9-5-6-10-21(19)29(26(28)31)17-24(30)27-12-7-3-4-8-13-27/h5-6,9-10,15-16,25H,3-4,7-8,11-14,17H2,1-2H3/t25-/m1/s1. The Morgan fingerprint density at radius 1 is 0.939 bits per heavy atom. The third-order valence-corrected chi connectivity index (χ3v) is 7.12. The van der Waals surface area contributed by atoms with Gasteiger partial charge in [-0.15, -0.1) is 0 Å². The number of likely N-dealkylation sites (tertiary alicyclic amines) is 1. The molecule has 1 fully saturated rings. The van der Waals surface area contributed by atoms with Gasteiger partial charge >= 0.3 is 6.03 Å². The summed E-state index contributed by atoms with van der Waals surface area (Å²) in [4.78, 5) is 32.4. The molecule has 3 aliphatic heterocycles. The van der Waals surface area contributed by atoms with Gasteiger partial charge in [0.2, 0.25) is 5.91 Å². The maximum Gasteiger partial charge on any atom is 0.325 e. The third-order valence-electron chi connectivity index (χ3n) is 7.12. The van der Waals surface area contributed by atoms with Gasteiger partial charge in [-0.25, -0.2) is 4.79 Å². The molecule has 0 saturated carbocycles. The molecule has 7 nitrogen and oxygen atoms in total. The van der Waals surface area contributed by atoms with Crippen LogP contribution in [0.1, 0.15) is 48.4 Å². The first-order valence-electron chi connectivity index (χ1n) is 11.8. The van der Waals surface area contributed by atoms with Gasteiger partial charge in [0.1, 0.15) is 6.54 Å². The van der Waals surface area contributed by atoms with Crippen molar-refractivity contribution >= 4 is 17.6 Å². The Bertz CT molecular complexity index is 1060. The molecule has 1 atom stereocenters. The molecule has 0 radical (unpaired) electrons. The SMILES string of the molecule is COc1cc2c(cc1OC)[C@H]1c3ccccc3N(CC(=O)N3CCCCCC3)C(=O)N1CC2. The van der Waals surface area contributed by atoms with Crippen molar-refractivity contribution in [2.45, 2.75) is 38.1 Å². The summed E-state index contributed by atoms with van der Waals surface area (Å²) >= 11 is 0. The predicted octanol–water partition coefficient (Wildman–Crippen LogP) is 3.99. The second kappa shape index (κ2) is 8.96. The van der Waals surface area contributed by atoms with Crippen molar-refractivity contribution in [2.75, 3.05) is 45.3 Å². The molecule has 2 aromatic carbocycles. The van der Waals surface area contributed by atoms with Crippen molar-refractivity contribution in [2.24, 2.45) is 0 Å². The number of benzene rings is 2. The molecule has 2 aromatic rings. The number of carbonyl (C=O) groups excluding carboxylic acids is 2. The highest BCUT2D eigenvalue weighted by Crippen LogP contribution is 2.46. The summed E-state index contributed by atoms with van der Waals surface area (Å²) in [7, 11) is 3.26. The van der Waals surface area contributed by atoms with Gasteiger partial charge in [-0.2, -0.15) is 0 Å². The number of methoxy groups -OCH3 is 2. The molecule has 1 saturated heterocycles. The Hall–Kier alpha value is -3.22. The molecule has 33 heavy (non-hydrogen) atoms. The number of hydrogen-bond donors (Lipinski definition) is 0. The van der Waals surface area contributed by atoms with E-state index in [1.54, 1.807) is 19.1 Å². The average Bonchev–Trinajstić information content (AvgIpc) is 3.14. The molecule has 0 N–H and O–H groups in total. The molecule has 7 heteroatoms. The van der Waals surface area contributed by atoms with Crippen molar-refractivity contribution in [3.05, 3.63) is 53.1 Å². The smallest absolute Gasteiger partial charge is 0.325 e. The van der Waals surface area contributed by atoms with Gasteiger partial charge in [-0.05, 0) is 48.6 Å². The quantitative estimate of drug-likeness (QED) is 0.708. The average molecular weight is 450 g/mol. The van der Waals surface area contributed by atoms with E-state index in [9.17, 15) is 9.59 Å². The van der Waals surface area contributed by atoms with Crippen molar-refractivity contribution in [1.82, 2.24) is 9.80 Å². The van der Waals surface area contributed by atoms with Gasteiger partial charge in [0.25, 0.3) is 0 Å². The van der Waals surface area contributed by atoms with E-state index in [1.807, 2.05) is 40.1 Å². The zero-order valence-electron chi connectivity index (χ0n) is 19.4. The van der Waals surface area contributed by atoms with Crippen LogP contribution in [0.15, 0.2) is 36.4 Å². The number of anilines is 1. The Morgan fingerprint density at radius 2 is 1.64 bits per heavy atom. The number of carbonyl (C=O) groups is 2. The number of ether oxygens (including phenoxy) is 2. The molecule has 0 bridgehead atoms. The molecule has 3 aliphatic rings. The zero-order chi connectivity index (χ0) is 22.9. The van der Waals surface area contributed by atoms with Crippen LogP contribution in [0.25, 0.3) is 0 Å². The Labute approximate surface area is 194 Å². The van der Waals surface area contributed by atoms with Crippen molar-refractivity contribution in [3.63, 3.8) is 0 Å². The van der Waals surface area contributed by atoms with Crippen LogP contribution in [0, 0.1) is 0 Å². The summed E-state index contributed by atoms with van der Waals surface area (Å²) in [5, 5.41) is 0. The summed E-state index contributed by atoms with van der Waals surface area (Å²) in [6.07, 6.45) is 5.13. The first-order valence-corrected chi connectivity index (χ1v) is 11.8. The fraction of sp³-hybridized carbons (Fsp3) is 0.462. The summed E-state index contributed by atoms with van der Waals surface area (Å²) in [5.41, 5.74) is 4.06. The minimum Gasteiger partial charge on any atom is -0.493 e. The molecule has 174 valence electrons. The fourth-order valence-electron chi connectivity index (χ4n) is 5.42. The van der Waals surface area contributed by atoms with Crippen LogP contribution in [-0.4, -0.2) is 62.1 Å². The minimum absolute atomic E-state index is 0.0299. The van der Waals surface area contributed by atoms with Crippen LogP contribution in [0.2, 0.25) is 0 Å². The van der Waals surface area contributed by atoms with Gasteiger partial charge in [0.05, 0.1) is 25.9 Å². The minimum atomic E-state index is -0.207. The van der Waals surface area contributed by atoms with Crippen LogP contribution in [-0.2, 0) is 11.2 Å². The van der Waals surface area contributed by atoms with Crippen LogP contribution < -0.4 is 14.4 Å². The van der Waals surface area contributed by atoms with Crippen LogP contribution in [0.3, 0.4) is 0 Å². The van der Waals surface area contributed by atoms with E-state index < -0.39 is 0 Å². The number of nitrogens with zero attached hydrogens (tertiary/aromatic N) is 3. The van der Waals surface area contributed by atoms with Crippen LogP contribution >= 0.6 is 0 Å². The maximum absolute atomic E-state index is 13.7. The number of rotatable bonds is 4. The summed E-state index contributed by atoms with van der Waals surface area (Å²) in [6, 6.07) is 11.6. The lowest BCUT2D eigenvalue weighted by Crippen LogP contribution is -2.54. The van der Waals surface area contributed by atoms with E-state index >= 15 is 0 Å². The van der Waals surface area contributed by atoms with Crippen molar-refractivity contribution in [3.8, 4) is 11.5 Å². The molecular formula is C26H31N3O4. The second-order valence-electron chi connectivity index (χ2n) is 8.97. The highest BCUT2D eigenvalue weighted by atomic mass is 16.5. The molecule has 3 heterocycles. The first-order chi connectivity index (χ1) is 16.1. The Balaban J connectivity index is 1.52. The fourth-order valence-corrected chi connectivity index (χ4v) is 5.42. The number of fused-ring (bicyclic) bond motifs is 5. The molecule has 0 unspecified atom stereocenters. The Morgan fingerprint density at radius 3 is 2.36 bits per heavy atom. The van der Waals surface area contributed by atoms with Crippen LogP contribution in [0.4, 0.5) is 10.5 Å². The van der Waals surface area contributed by atoms with Gasteiger partial charge in [0, 0.05) is 25.2 Å². The topological polar surface area (TPSA) is 62.3 Å². The molecule has 0 aliphatic carbocycles. The van der Waals surface area contributed by atoms with E-state index in [0.29, 0.717) is 18.0 Å². The molecular weight excluding hydrogens is 418 g/mol. The van der Waals surface area contributed by atoms with Crippen LogP contribution in [0.5, 0.6) is 11.5 Å². The number of amides is 3. The summed E-state index contributed by atoms with van der Waals surface area (Å²) in [5.74, 6) is 1.38. The first kappa shape index (κ1) is 21.6. The van der Waals surface area contributed by atoms with Crippen molar-refractivity contribution < 1.29 is 19.1 Å². The highest BCUT2D eigenvalue weighted by Gasteiger charge is 2.42. The lowest BCUT2D eigenvalue weighted by atomic mass is 9.85. The summed E-state index contributed by atoms with van der Waals surface area (Å²) < 4.78 is 11.1. The van der Waals surface area contributed by atoms with Gasteiger partial charge in [-0.3, -0.25) is 9.69 Å².